The number of aliphatic hydroxyl groups is 2. The van der Waals surface area contributed by atoms with Gasteiger partial charge in [0.1, 0.15) is 29.6 Å². The summed E-state index contributed by atoms with van der Waals surface area (Å²) >= 11 is 0. The molecule has 358 valence electrons. The summed E-state index contributed by atoms with van der Waals surface area (Å²) in [5.41, 5.74) is 0.965. The first kappa shape index (κ1) is 69.1. The number of methoxy groups -OCH3 is 3. The summed E-state index contributed by atoms with van der Waals surface area (Å²) in [5.74, 6) is 0.704. The molecule has 3 rings (SSSR count). The number of rotatable bonds is 15. The van der Waals surface area contributed by atoms with Gasteiger partial charge in [0.25, 0.3) is 0 Å². The molecule has 0 spiro atoms. The molecule has 2 N–H and O–H groups in total. The van der Waals surface area contributed by atoms with Crippen LogP contribution in [0.2, 0.25) is 0 Å². The highest BCUT2D eigenvalue weighted by atomic mass is 16.6. The van der Waals surface area contributed by atoms with Crippen LogP contribution in [0.1, 0.15) is 133 Å². The number of hydrogen-bond acceptors (Lipinski definition) is 15. The van der Waals surface area contributed by atoms with Crippen LogP contribution in [0.15, 0.2) is 30.3 Å². The van der Waals surface area contributed by atoms with E-state index in [1.54, 1.807) is 55.1 Å². The van der Waals surface area contributed by atoms with Gasteiger partial charge in [0.05, 0.1) is 52.3 Å². The molecule has 0 radical (unpaired) electrons. The molecule has 1 saturated carbocycles. The number of hydrogen-bond donors (Lipinski definition) is 2. The summed E-state index contributed by atoms with van der Waals surface area (Å²) in [6.45, 7) is 22.3. The molecule has 1 aromatic rings. The molecular formula is C46H85NO14. The van der Waals surface area contributed by atoms with E-state index in [2.05, 4.69) is 4.74 Å². The Morgan fingerprint density at radius 2 is 1.26 bits per heavy atom. The zero-order chi connectivity index (χ0) is 48.1. The Hall–Kier alpha value is -3.62. The van der Waals surface area contributed by atoms with Crippen molar-refractivity contribution in [2.45, 2.75) is 146 Å². The minimum atomic E-state index is -0.991. The number of benzene rings is 1. The first-order chi connectivity index (χ1) is 28.9. The third-order valence-electron chi connectivity index (χ3n) is 6.72. The molecule has 1 aliphatic heterocycles. The van der Waals surface area contributed by atoms with E-state index in [4.69, 9.17) is 43.9 Å². The average molecular weight is 876 g/mol. The van der Waals surface area contributed by atoms with Gasteiger partial charge >= 0.3 is 11.9 Å². The Balaban J connectivity index is -0.000000141. The van der Waals surface area contributed by atoms with Gasteiger partial charge in [0.15, 0.2) is 0 Å². The summed E-state index contributed by atoms with van der Waals surface area (Å²) in [6.07, 6.45) is 8.06. The average Bonchev–Trinajstić information content (AvgIpc) is 3.81. The Labute approximate surface area is 369 Å². The van der Waals surface area contributed by atoms with Gasteiger partial charge in [0, 0.05) is 74.1 Å². The fourth-order valence-electron chi connectivity index (χ4n) is 3.82. The number of nitriles is 1. The quantitative estimate of drug-likeness (QED) is 0.129. The highest BCUT2D eigenvalue weighted by molar-refractivity contribution is 5.78. The second kappa shape index (κ2) is 58.5. The Kier molecular flexibility index (Phi) is 66.2. The first-order valence-corrected chi connectivity index (χ1v) is 21.0. The number of Topliss-reactive ketones (excluding diaryl/α,β-unsaturated/α-hetero) is 3. The van der Waals surface area contributed by atoms with Crippen LogP contribution in [0.5, 0.6) is 0 Å². The predicted octanol–water partition coefficient (Wildman–Crippen LogP) is 7.44. The highest BCUT2D eigenvalue weighted by Gasteiger charge is 2.07. The third kappa shape index (κ3) is 81.0. The van der Waals surface area contributed by atoms with Crippen molar-refractivity contribution in [1.82, 2.24) is 0 Å². The number of ketones is 3. The van der Waals surface area contributed by atoms with Crippen LogP contribution in [-0.4, -0.2) is 126 Å². The SMILES string of the molecule is C1CCOC1.CC#N.CC(=O)CC(C)C.CCC(C)=O.CCOC(=O)C(C)O.COCC(C)OC(C)=O.COCCOCCOC.O=C1CCCCC1.OCc1ccccc1. The van der Waals surface area contributed by atoms with Crippen molar-refractivity contribution in [3.63, 3.8) is 0 Å². The summed E-state index contributed by atoms with van der Waals surface area (Å²) in [7, 11) is 4.87. The van der Waals surface area contributed by atoms with E-state index in [0.29, 0.717) is 57.8 Å². The summed E-state index contributed by atoms with van der Waals surface area (Å²) < 4.78 is 33.4. The van der Waals surface area contributed by atoms with E-state index >= 15 is 0 Å². The topological polar surface area (TPSA) is 214 Å². The normalized spacial score (nSPS) is 12.7. The Morgan fingerprint density at radius 1 is 0.787 bits per heavy atom. The molecule has 2 fully saturated rings. The Morgan fingerprint density at radius 3 is 1.48 bits per heavy atom. The fourth-order valence-corrected chi connectivity index (χ4v) is 3.82. The van der Waals surface area contributed by atoms with Crippen LogP contribution in [0.4, 0.5) is 0 Å². The summed E-state index contributed by atoms with van der Waals surface area (Å²) in [6, 6.07) is 11.3. The monoisotopic (exact) mass is 876 g/mol. The number of carbonyl (C=O) groups excluding carboxylic acids is 5. The van der Waals surface area contributed by atoms with Crippen LogP contribution < -0.4 is 0 Å². The molecule has 15 nitrogen and oxygen atoms in total. The van der Waals surface area contributed by atoms with Crippen LogP contribution >= 0.6 is 0 Å². The van der Waals surface area contributed by atoms with Gasteiger partial charge in [-0.05, 0) is 71.8 Å². The molecule has 1 heterocycles. The zero-order valence-electron chi connectivity index (χ0n) is 40.1. The van der Waals surface area contributed by atoms with Crippen molar-refractivity contribution in [1.29, 1.82) is 5.26 Å². The fraction of sp³-hybridized carbons (Fsp3) is 0.739. The molecule has 61 heavy (non-hydrogen) atoms. The summed E-state index contributed by atoms with van der Waals surface area (Å²) in [5, 5.41) is 24.3. The zero-order valence-corrected chi connectivity index (χ0v) is 40.1. The van der Waals surface area contributed by atoms with Crippen LogP contribution in [-0.2, 0) is 63.7 Å². The van der Waals surface area contributed by atoms with Gasteiger partial charge < -0.3 is 53.0 Å². The molecular weight excluding hydrogens is 790 g/mol. The Bertz CT molecular complexity index is 1120. The van der Waals surface area contributed by atoms with Crippen molar-refractivity contribution < 1.29 is 67.3 Å². The minimum Gasteiger partial charge on any atom is -0.464 e. The summed E-state index contributed by atoms with van der Waals surface area (Å²) in [4.78, 5) is 51.1. The van der Waals surface area contributed by atoms with Gasteiger partial charge in [-0.25, -0.2) is 4.79 Å². The van der Waals surface area contributed by atoms with Crippen LogP contribution in [0, 0.1) is 17.2 Å². The van der Waals surface area contributed by atoms with E-state index in [9.17, 15) is 24.0 Å². The number of carbonyl (C=O) groups is 5. The lowest BCUT2D eigenvalue weighted by Gasteiger charge is -2.08. The van der Waals surface area contributed by atoms with Crippen molar-refractivity contribution in [3.8, 4) is 6.07 Å². The molecule has 0 amide bonds. The number of aliphatic hydroxyl groups excluding tert-OH is 2. The molecule has 0 aromatic heterocycles. The van der Waals surface area contributed by atoms with Crippen molar-refractivity contribution in [3.05, 3.63) is 35.9 Å². The highest BCUT2D eigenvalue weighted by Crippen LogP contribution is 2.12. The molecule has 1 aliphatic carbocycles. The van der Waals surface area contributed by atoms with Gasteiger partial charge in [0.2, 0.25) is 0 Å². The number of ether oxygens (including phenoxy) is 7. The molecule has 2 aliphatic rings. The van der Waals surface area contributed by atoms with E-state index in [-0.39, 0.29) is 30.2 Å². The van der Waals surface area contributed by atoms with Crippen LogP contribution in [0.25, 0.3) is 0 Å². The van der Waals surface area contributed by atoms with E-state index in [1.165, 1.54) is 40.0 Å². The number of esters is 2. The second-order valence-electron chi connectivity index (χ2n) is 13.5. The van der Waals surface area contributed by atoms with E-state index < -0.39 is 12.1 Å². The van der Waals surface area contributed by atoms with Crippen LogP contribution in [0.3, 0.4) is 0 Å². The first-order valence-electron chi connectivity index (χ1n) is 21.0. The second-order valence-corrected chi connectivity index (χ2v) is 13.5. The lowest BCUT2D eigenvalue weighted by Crippen LogP contribution is -2.18. The maximum Gasteiger partial charge on any atom is 0.334 e. The predicted molar refractivity (Wildman–Crippen MR) is 239 cm³/mol. The van der Waals surface area contributed by atoms with Crippen molar-refractivity contribution >= 4 is 29.3 Å². The molecule has 0 bridgehead atoms. The molecule has 2 unspecified atom stereocenters. The minimum absolute atomic E-state index is 0.132. The van der Waals surface area contributed by atoms with Crippen molar-refractivity contribution in [2.24, 2.45) is 5.92 Å². The van der Waals surface area contributed by atoms with E-state index in [1.807, 2.05) is 51.1 Å². The smallest absolute Gasteiger partial charge is 0.334 e. The molecule has 2 atom stereocenters. The third-order valence-corrected chi connectivity index (χ3v) is 6.72. The lowest BCUT2D eigenvalue weighted by atomic mass is 10.00. The van der Waals surface area contributed by atoms with Crippen molar-refractivity contribution in [2.75, 3.05) is 74.2 Å². The van der Waals surface area contributed by atoms with Gasteiger partial charge in [-0.2, -0.15) is 5.26 Å². The number of nitrogens with zero attached hydrogens (tertiary/aromatic N) is 1. The van der Waals surface area contributed by atoms with Gasteiger partial charge in [-0.3, -0.25) is 9.59 Å². The van der Waals surface area contributed by atoms with E-state index in [0.717, 1.165) is 50.9 Å². The van der Waals surface area contributed by atoms with Gasteiger partial charge in [-0.15, -0.1) is 0 Å². The maximum absolute atomic E-state index is 10.5. The largest absolute Gasteiger partial charge is 0.464 e. The molecule has 1 saturated heterocycles. The maximum atomic E-state index is 10.5. The lowest BCUT2D eigenvalue weighted by molar-refractivity contribution is -0.152. The molecule has 1 aromatic carbocycles. The standard InChI is InChI=1S/C7H8O.C6H14O3.C6H12O3.C6H10O.C6H12O.C5H10O3.2C4H8O.C2H3N/c8-6-7-4-2-1-3-5-7;1-7-3-5-9-6-4-8-2;1-5(4-8-3)9-6(2)7;7-6-4-2-1-3-5-6;1-5(2)4-6(3)7;1-3-8-5(7)4(2)6;1-2-4-5-3-1;1-3-4(2)5;1-2-3/h1-5,8H,6H2;3-6H2,1-2H3;5H,4H2,1-3H3;1-5H2;5H,4H2,1-3H3;4,6H,3H2,1-2H3;1-4H2;3H2,1-2H3;1H3. The molecule has 15 heteroatoms. The van der Waals surface area contributed by atoms with Gasteiger partial charge in [-0.1, -0.05) is 57.5 Å².